The van der Waals surface area contributed by atoms with E-state index in [0.29, 0.717) is 12.2 Å². The lowest BCUT2D eigenvalue weighted by molar-refractivity contribution is -0.141. The van der Waals surface area contributed by atoms with Crippen LogP contribution in [0.4, 0.5) is 18.9 Å². The van der Waals surface area contributed by atoms with Crippen molar-refractivity contribution in [3.05, 3.63) is 60.0 Å². The molecule has 6 heteroatoms. The van der Waals surface area contributed by atoms with Crippen molar-refractivity contribution in [2.75, 3.05) is 5.32 Å². The Morgan fingerprint density at radius 1 is 1.10 bits per heavy atom. The minimum Gasteiger partial charge on any atom is -0.380 e. The summed E-state index contributed by atoms with van der Waals surface area (Å²) in [7, 11) is 0. The molecule has 0 fully saturated rings. The Morgan fingerprint density at radius 3 is 2.67 bits per heavy atom. The van der Waals surface area contributed by atoms with E-state index in [1.807, 2.05) is 30.5 Å². The summed E-state index contributed by atoms with van der Waals surface area (Å²) < 4.78 is 37.2. The summed E-state index contributed by atoms with van der Waals surface area (Å²) in [5.41, 5.74) is 1.76. The van der Waals surface area contributed by atoms with Crippen molar-refractivity contribution < 1.29 is 13.2 Å². The highest BCUT2D eigenvalue weighted by molar-refractivity contribution is 5.79. The van der Waals surface area contributed by atoms with Crippen LogP contribution in [0.3, 0.4) is 0 Å². The first-order valence-corrected chi connectivity index (χ1v) is 6.35. The lowest BCUT2D eigenvalue weighted by Gasteiger charge is -2.09. The first kappa shape index (κ1) is 13.5. The minimum atomic E-state index is -4.40. The molecule has 2 heterocycles. The third-order valence-corrected chi connectivity index (χ3v) is 3.17. The monoisotopic (exact) mass is 291 g/mol. The van der Waals surface area contributed by atoms with E-state index in [4.69, 9.17) is 0 Å². The largest absolute Gasteiger partial charge is 0.433 e. The van der Waals surface area contributed by atoms with Gasteiger partial charge in [-0.2, -0.15) is 13.2 Å². The molecular weight excluding hydrogens is 279 g/mol. The van der Waals surface area contributed by atoms with Crippen LogP contribution in [0.25, 0.3) is 10.9 Å². The van der Waals surface area contributed by atoms with Crippen LogP contribution < -0.4 is 5.32 Å². The van der Waals surface area contributed by atoms with Gasteiger partial charge in [0.25, 0.3) is 0 Å². The highest BCUT2D eigenvalue weighted by atomic mass is 19.4. The topological polar surface area (TPSA) is 40.7 Å². The standard InChI is InChI=1S/C15H12F3N3/c16-15(17,18)14-4-2-12(9-21-14)20-8-10-1-3-13-11(7-10)5-6-19-13/h1-7,9,19-20H,8H2. The summed E-state index contributed by atoms with van der Waals surface area (Å²) in [4.78, 5) is 6.52. The van der Waals surface area contributed by atoms with Gasteiger partial charge in [-0.15, -0.1) is 0 Å². The molecule has 2 aromatic heterocycles. The number of halogens is 3. The number of aromatic amines is 1. The molecule has 0 aliphatic rings. The van der Waals surface area contributed by atoms with Crippen molar-refractivity contribution in [3.63, 3.8) is 0 Å². The smallest absolute Gasteiger partial charge is 0.380 e. The Hall–Kier alpha value is -2.50. The maximum atomic E-state index is 12.4. The average molecular weight is 291 g/mol. The van der Waals surface area contributed by atoms with E-state index in [1.165, 1.54) is 12.3 Å². The molecule has 0 amide bonds. The summed E-state index contributed by atoms with van der Waals surface area (Å²) in [5, 5.41) is 4.15. The molecule has 0 aliphatic carbocycles. The van der Waals surface area contributed by atoms with Gasteiger partial charge in [-0.3, -0.25) is 0 Å². The molecule has 0 saturated heterocycles. The van der Waals surface area contributed by atoms with E-state index < -0.39 is 11.9 Å². The Labute approximate surface area is 118 Å². The van der Waals surface area contributed by atoms with Crippen LogP contribution in [-0.2, 0) is 12.7 Å². The average Bonchev–Trinajstić information content (AvgIpc) is 2.92. The molecular formula is C15H12F3N3. The fraction of sp³-hybridized carbons (Fsp3) is 0.133. The number of hydrogen-bond acceptors (Lipinski definition) is 2. The number of fused-ring (bicyclic) bond motifs is 1. The van der Waals surface area contributed by atoms with Gasteiger partial charge >= 0.3 is 6.18 Å². The lowest BCUT2D eigenvalue weighted by Crippen LogP contribution is -2.08. The summed E-state index contributed by atoms with van der Waals surface area (Å²) in [6, 6.07) is 10.3. The van der Waals surface area contributed by atoms with Crippen molar-refractivity contribution >= 4 is 16.6 Å². The van der Waals surface area contributed by atoms with Gasteiger partial charge in [0.15, 0.2) is 0 Å². The fourth-order valence-corrected chi connectivity index (χ4v) is 2.08. The molecule has 108 valence electrons. The van der Waals surface area contributed by atoms with Crippen molar-refractivity contribution in [3.8, 4) is 0 Å². The van der Waals surface area contributed by atoms with E-state index in [1.54, 1.807) is 0 Å². The Bertz CT molecular complexity index is 745. The fourth-order valence-electron chi connectivity index (χ4n) is 2.08. The molecule has 3 nitrogen and oxygen atoms in total. The Kier molecular flexibility index (Phi) is 3.29. The van der Waals surface area contributed by atoms with Gasteiger partial charge in [-0.05, 0) is 41.3 Å². The zero-order chi connectivity index (χ0) is 14.9. The molecule has 0 atom stereocenters. The molecule has 0 unspecified atom stereocenters. The third-order valence-electron chi connectivity index (χ3n) is 3.17. The molecule has 0 spiro atoms. The number of rotatable bonds is 3. The van der Waals surface area contributed by atoms with Crippen LogP contribution in [0.1, 0.15) is 11.3 Å². The second-order valence-corrected chi connectivity index (χ2v) is 4.68. The molecule has 0 radical (unpaired) electrons. The van der Waals surface area contributed by atoms with E-state index in [0.717, 1.165) is 22.5 Å². The highest BCUT2D eigenvalue weighted by Gasteiger charge is 2.31. The number of nitrogens with zero attached hydrogens (tertiary/aromatic N) is 1. The SMILES string of the molecule is FC(F)(F)c1ccc(NCc2ccc3[nH]ccc3c2)cn1. The second-order valence-electron chi connectivity index (χ2n) is 4.68. The van der Waals surface area contributed by atoms with E-state index in [-0.39, 0.29) is 0 Å². The zero-order valence-corrected chi connectivity index (χ0v) is 10.9. The van der Waals surface area contributed by atoms with Crippen molar-refractivity contribution in [2.45, 2.75) is 12.7 Å². The van der Waals surface area contributed by atoms with Crippen LogP contribution in [0.2, 0.25) is 0 Å². The number of hydrogen-bond donors (Lipinski definition) is 2. The number of H-pyrrole nitrogens is 1. The summed E-state index contributed by atoms with van der Waals surface area (Å²) in [6.07, 6.45) is -1.35. The van der Waals surface area contributed by atoms with Crippen LogP contribution in [-0.4, -0.2) is 9.97 Å². The minimum absolute atomic E-state index is 0.522. The second kappa shape index (κ2) is 5.12. The van der Waals surface area contributed by atoms with Gasteiger partial charge in [0.05, 0.1) is 11.9 Å². The molecule has 3 aromatic rings. The van der Waals surface area contributed by atoms with Crippen LogP contribution in [0.5, 0.6) is 0 Å². The predicted octanol–water partition coefficient (Wildman–Crippen LogP) is 4.19. The first-order valence-electron chi connectivity index (χ1n) is 6.35. The highest BCUT2D eigenvalue weighted by Crippen LogP contribution is 2.27. The van der Waals surface area contributed by atoms with Crippen LogP contribution in [0.15, 0.2) is 48.8 Å². The van der Waals surface area contributed by atoms with Crippen molar-refractivity contribution in [2.24, 2.45) is 0 Å². The number of alkyl halides is 3. The normalized spacial score (nSPS) is 11.8. The van der Waals surface area contributed by atoms with E-state index >= 15 is 0 Å². The molecule has 2 N–H and O–H groups in total. The number of benzene rings is 1. The van der Waals surface area contributed by atoms with E-state index in [2.05, 4.69) is 15.3 Å². The van der Waals surface area contributed by atoms with Crippen molar-refractivity contribution in [1.29, 1.82) is 0 Å². The molecule has 21 heavy (non-hydrogen) atoms. The number of nitrogens with one attached hydrogen (secondary N) is 2. The van der Waals surface area contributed by atoms with Gasteiger partial charge in [0, 0.05) is 18.3 Å². The van der Waals surface area contributed by atoms with Gasteiger partial charge in [0.1, 0.15) is 5.69 Å². The molecule has 3 rings (SSSR count). The third kappa shape index (κ3) is 2.99. The molecule has 0 aliphatic heterocycles. The summed E-state index contributed by atoms with van der Waals surface area (Å²) in [6.45, 7) is 0.522. The Balaban J connectivity index is 1.69. The van der Waals surface area contributed by atoms with Crippen LogP contribution >= 0.6 is 0 Å². The maximum Gasteiger partial charge on any atom is 0.433 e. The number of anilines is 1. The molecule has 0 saturated carbocycles. The summed E-state index contributed by atoms with van der Waals surface area (Å²) in [5.74, 6) is 0. The maximum absolute atomic E-state index is 12.4. The first-order chi connectivity index (χ1) is 10.0. The number of aromatic nitrogens is 2. The lowest BCUT2D eigenvalue weighted by atomic mass is 10.1. The molecule has 0 bridgehead atoms. The quantitative estimate of drug-likeness (QED) is 0.759. The van der Waals surface area contributed by atoms with E-state index in [9.17, 15) is 13.2 Å². The Morgan fingerprint density at radius 2 is 1.95 bits per heavy atom. The van der Waals surface area contributed by atoms with Crippen molar-refractivity contribution in [1.82, 2.24) is 9.97 Å². The van der Waals surface area contributed by atoms with Gasteiger partial charge in [0.2, 0.25) is 0 Å². The molecule has 1 aromatic carbocycles. The van der Waals surface area contributed by atoms with Gasteiger partial charge < -0.3 is 10.3 Å². The number of pyridine rings is 1. The summed E-state index contributed by atoms with van der Waals surface area (Å²) >= 11 is 0. The zero-order valence-electron chi connectivity index (χ0n) is 10.9. The van der Waals surface area contributed by atoms with Gasteiger partial charge in [-0.25, -0.2) is 4.98 Å². The predicted molar refractivity (Wildman–Crippen MR) is 74.9 cm³/mol. The van der Waals surface area contributed by atoms with Crippen LogP contribution in [0, 0.1) is 0 Å². The van der Waals surface area contributed by atoms with Gasteiger partial charge in [-0.1, -0.05) is 6.07 Å².